The van der Waals surface area contributed by atoms with Crippen molar-refractivity contribution in [2.45, 2.75) is 18.9 Å². The highest BCUT2D eigenvalue weighted by molar-refractivity contribution is 7.91. The van der Waals surface area contributed by atoms with E-state index < -0.39 is 15.8 Å². The summed E-state index contributed by atoms with van der Waals surface area (Å²) in [6.45, 7) is 0.333. The second kappa shape index (κ2) is 5.61. The van der Waals surface area contributed by atoms with E-state index in [0.29, 0.717) is 13.0 Å². The summed E-state index contributed by atoms with van der Waals surface area (Å²) < 4.78 is 23.1. The third kappa shape index (κ3) is 3.70. The maximum absolute atomic E-state index is 11.6. The minimum Gasteiger partial charge on any atom is -0.481 e. The number of nitrogens with zero attached hydrogens (tertiary/aromatic N) is 1. The topological polar surface area (TPSA) is 74.7 Å². The maximum Gasteiger partial charge on any atom is 0.305 e. The van der Waals surface area contributed by atoms with Gasteiger partial charge in [0.15, 0.2) is 9.84 Å². The molecular weight excluding hydrogens is 266 g/mol. The van der Waals surface area contributed by atoms with Crippen LogP contribution < -0.4 is 4.90 Å². The first-order chi connectivity index (χ1) is 8.98. The quantitative estimate of drug-likeness (QED) is 0.877. The number of hydrogen-bond donors (Lipinski definition) is 1. The van der Waals surface area contributed by atoms with Gasteiger partial charge in [0.25, 0.3) is 0 Å². The van der Waals surface area contributed by atoms with Gasteiger partial charge in [0, 0.05) is 18.3 Å². The number of carboxylic acids is 1. The van der Waals surface area contributed by atoms with Crippen LogP contribution in [0.2, 0.25) is 0 Å². The number of benzene rings is 1. The standard InChI is InChI=1S/C13H17NO4S/c15-13(16)6-8-14(11-4-2-1-3-5-11)12-7-9-19(17,18)10-12/h1-5,12H,6-10H2,(H,15,16). The number of carbonyl (C=O) groups is 1. The lowest BCUT2D eigenvalue weighted by atomic mass is 10.1. The fourth-order valence-corrected chi connectivity index (χ4v) is 4.11. The van der Waals surface area contributed by atoms with Gasteiger partial charge in [0.05, 0.1) is 17.9 Å². The molecule has 0 radical (unpaired) electrons. The van der Waals surface area contributed by atoms with E-state index in [0.717, 1.165) is 5.69 Å². The lowest BCUT2D eigenvalue weighted by Gasteiger charge is -2.30. The van der Waals surface area contributed by atoms with Crippen LogP contribution in [0.1, 0.15) is 12.8 Å². The third-order valence-electron chi connectivity index (χ3n) is 3.30. The molecule has 0 aromatic heterocycles. The molecule has 6 heteroatoms. The summed E-state index contributed by atoms with van der Waals surface area (Å²) in [6, 6.07) is 9.26. The summed E-state index contributed by atoms with van der Waals surface area (Å²) in [6.07, 6.45) is 0.572. The second-order valence-corrected chi connectivity index (χ2v) is 6.96. The van der Waals surface area contributed by atoms with Crippen molar-refractivity contribution in [1.29, 1.82) is 0 Å². The number of aliphatic carboxylic acids is 1. The lowest BCUT2D eigenvalue weighted by molar-refractivity contribution is -0.136. The highest BCUT2D eigenvalue weighted by atomic mass is 32.2. The van der Waals surface area contributed by atoms with Crippen LogP contribution in [0.5, 0.6) is 0 Å². The molecule has 1 aliphatic rings. The smallest absolute Gasteiger partial charge is 0.305 e. The van der Waals surface area contributed by atoms with E-state index in [4.69, 9.17) is 5.11 Å². The molecule has 5 nitrogen and oxygen atoms in total. The molecule has 1 saturated heterocycles. The molecule has 1 atom stereocenters. The highest BCUT2D eigenvalue weighted by Crippen LogP contribution is 2.24. The Morgan fingerprint density at radius 1 is 1.32 bits per heavy atom. The first kappa shape index (κ1) is 13.9. The van der Waals surface area contributed by atoms with Crippen LogP contribution in [0.4, 0.5) is 5.69 Å². The van der Waals surface area contributed by atoms with Gasteiger partial charge in [-0.1, -0.05) is 18.2 Å². The van der Waals surface area contributed by atoms with Crippen LogP contribution in [0.3, 0.4) is 0 Å². The van der Waals surface area contributed by atoms with Crippen molar-refractivity contribution < 1.29 is 18.3 Å². The van der Waals surface area contributed by atoms with Gasteiger partial charge in [-0.15, -0.1) is 0 Å². The van der Waals surface area contributed by atoms with Crippen molar-refractivity contribution >= 4 is 21.5 Å². The summed E-state index contributed by atoms with van der Waals surface area (Å²) in [5.41, 5.74) is 0.880. The summed E-state index contributed by atoms with van der Waals surface area (Å²) in [5, 5.41) is 8.81. The van der Waals surface area contributed by atoms with Gasteiger partial charge < -0.3 is 10.0 Å². The molecule has 0 aliphatic carbocycles. The van der Waals surface area contributed by atoms with Crippen LogP contribution in [0.15, 0.2) is 30.3 Å². The zero-order valence-electron chi connectivity index (χ0n) is 10.5. The summed E-state index contributed by atoms with van der Waals surface area (Å²) >= 11 is 0. The van der Waals surface area contributed by atoms with Gasteiger partial charge in [0.1, 0.15) is 0 Å². The van der Waals surface area contributed by atoms with Crippen LogP contribution in [-0.2, 0) is 14.6 Å². The van der Waals surface area contributed by atoms with Gasteiger partial charge >= 0.3 is 5.97 Å². The van der Waals surface area contributed by atoms with Crippen LogP contribution >= 0.6 is 0 Å². The highest BCUT2D eigenvalue weighted by Gasteiger charge is 2.32. The summed E-state index contributed by atoms with van der Waals surface area (Å²) in [5.74, 6) is -0.572. The Labute approximate surface area is 112 Å². The van der Waals surface area contributed by atoms with Gasteiger partial charge in [0.2, 0.25) is 0 Å². The van der Waals surface area contributed by atoms with Gasteiger partial charge in [-0.3, -0.25) is 4.79 Å². The normalized spacial score (nSPS) is 21.2. The molecular formula is C13H17NO4S. The van der Waals surface area contributed by atoms with Crippen molar-refractivity contribution in [3.05, 3.63) is 30.3 Å². The molecule has 104 valence electrons. The fraction of sp³-hybridized carbons (Fsp3) is 0.462. The molecule has 0 spiro atoms. The number of carboxylic acid groups (broad SMARTS) is 1. The predicted octanol–water partition coefficient (Wildman–Crippen LogP) is 1.15. The molecule has 1 N–H and O–H groups in total. The Kier molecular flexibility index (Phi) is 4.09. The number of hydrogen-bond acceptors (Lipinski definition) is 4. The molecule has 0 amide bonds. The van der Waals surface area contributed by atoms with Gasteiger partial charge in [-0.25, -0.2) is 8.42 Å². The predicted molar refractivity (Wildman–Crippen MR) is 73.1 cm³/mol. The van der Waals surface area contributed by atoms with Gasteiger partial charge in [-0.2, -0.15) is 0 Å². The largest absolute Gasteiger partial charge is 0.481 e. The lowest BCUT2D eigenvalue weighted by Crippen LogP contribution is -2.37. The Hall–Kier alpha value is -1.56. The van der Waals surface area contributed by atoms with Crippen molar-refractivity contribution in [3.63, 3.8) is 0 Å². The van der Waals surface area contributed by atoms with Crippen molar-refractivity contribution in [3.8, 4) is 0 Å². The zero-order chi connectivity index (χ0) is 13.9. The van der Waals surface area contributed by atoms with Crippen molar-refractivity contribution in [1.82, 2.24) is 0 Å². The number of para-hydroxylation sites is 1. The third-order valence-corrected chi connectivity index (χ3v) is 5.05. The fourth-order valence-electron chi connectivity index (χ4n) is 2.38. The molecule has 2 rings (SSSR count). The van der Waals surface area contributed by atoms with Gasteiger partial charge in [-0.05, 0) is 18.6 Å². The molecule has 0 saturated carbocycles. The SMILES string of the molecule is O=C(O)CCN(c1ccccc1)C1CCS(=O)(=O)C1. The van der Waals surface area contributed by atoms with E-state index in [9.17, 15) is 13.2 Å². The Bertz CT molecular complexity index is 541. The minimum absolute atomic E-state index is 0.00540. The molecule has 1 aromatic rings. The number of anilines is 1. The number of rotatable bonds is 5. The molecule has 1 heterocycles. The molecule has 1 fully saturated rings. The minimum atomic E-state index is -2.98. The van der Waals surface area contributed by atoms with E-state index in [-0.39, 0.29) is 24.0 Å². The molecule has 1 aliphatic heterocycles. The van der Waals surface area contributed by atoms with Crippen LogP contribution in [0.25, 0.3) is 0 Å². The molecule has 0 bridgehead atoms. The van der Waals surface area contributed by atoms with E-state index >= 15 is 0 Å². The Morgan fingerprint density at radius 2 is 2.00 bits per heavy atom. The van der Waals surface area contributed by atoms with Crippen LogP contribution in [0, 0.1) is 0 Å². The van der Waals surface area contributed by atoms with Crippen LogP contribution in [-0.4, -0.2) is 43.6 Å². The first-order valence-corrected chi connectivity index (χ1v) is 8.04. The summed E-state index contributed by atoms with van der Waals surface area (Å²) in [4.78, 5) is 12.6. The Balaban J connectivity index is 2.17. The maximum atomic E-state index is 11.6. The molecule has 1 aromatic carbocycles. The second-order valence-electron chi connectivity index (χ2n) is 4.73. The number of sulfone groups is 1. The van der Waals surface area contributed by atoms with Crippen molar-refractivity contribution in [2.24, 2.45) is 0 Å². The van der Waals surface area contributed by atoms with E-state index in [1.165, 1.54) is 0 Å². The monoisotopic (exact) mass is 283 g/mol. The average Bonchev–Trinajstić information content (AvgIpc) is 2.71. The first-order valence-electron chi connectivity index (χ1n) is 6.22. The van der Waals surface area contributed by atoms with E-state index in [1.54, 1.807) is 0 Å². The molecule has 1 unspecified atom stereocenters. The van der Waals surface area contributed by atoms with E-state index in [2.05, 4.69) is 0 Å². The summed E-state index contributed by atoms with van der Waals surface area (Å²) in [7, 11) is -2.98. The zero-order valence-corrected chi connectivity index (χ0v) is 11.3. The van der Waals surface area contributed by atoms with E-state index in [1.807, 2.05) is 35.2 Å². The Morgan fingerprint density at radius 3 is 2.53 bits per heavy atom. The van der Waals surface area contributed by atoms with Crippen molar-refractivity contribution in [2.75, 3.05) is 23.0 Å². The molecule has 19 heavy (non-hydrogen) atoms. The average molecular weight is 283 g/mol.